The minimum absolute atomic E-state index is 0.791. The Morgan fingerprint density at radius 1 is 0.900 bits per heavy atom. The van der Waals surface area contributed by atoms with Crippen LogP contribution in [-0.4, -0.2) is 36.3 Å². The third-order valence-corrected chi connectivity index (χ3v) is 2.91. The maximum atomic E-state index is 5.47. The first-order valence-corrected chi connectivity index (χ1v) is 7.59. The Morgan fingerprint density at radius 3 is 2.15 bits per heavy atom. The number of aryl methyl sites for hydroxylation is 1. The van der Waals surface area contributed by atoms with Crippen molar-refractivity contribution in [1.82, 2.24) is 9.97 Å². The van der Waals surface area contributed by atoms with Crippen LogP contribution in [-0.2, 0) is 4.74 Å². The molecule has 0 saturated heterocycles. The fourth-order valence-electron chi connectivity index (χ4n) is 1.84. The molecule has 5 nitrogen and oxygen atoms in total. The monoisotopic (exact) mass is 280 g/mol. The highest BCUT2D eigenvalue weighted by molar-refractivity contribution is 5.57. The van der Waals surface area contributed by atoms with E-state index < -0.39 is 0 Å². The first-order valence-electron chi connectivity index (χ1n) is 7.59. The summed E-state index contributed by atoms with van der Waals surface area (Å²) >= 11 is 0. The summed E-state index contributed by atoms with van der Waals surface area (Å²) in [5.41, 5.74) is 1.08. The molecule has 0 atom stereocenters. The van der Waals surface area contributed by atoms with Gasteiger partial charge in [-0.1, -0.05) is 13.8 Å². The average Bonchev–Trinajstić information content (AvgIpc) is 2.44. The summed E-state index contributed by atoms with van der Waals surface area (Å²) in [7, 11) is 0. The zero-order valence-corrected chi connectivity index (χ0v) is 13.3. The molecule has 5 heteroatoms. The Balaban J connectivity index is 2.49. The maximum Gasteiger partial charge on any atom is 0.134 e. The highest BCUT2D eigenvalue weighted by atomic mass is 16.5. The van der Waals surface area contributed by atoms with Crippen LogP contribution in [0.1, 0.15) is 44.5 Å². The van der Waals surface area contributed by atoms with Crippen LogP contribution in [0.2, 0.25) is 0 Å². The Kier molecular flexibility index (Phi) is 7.95. The fraction of sp³-hybridized carbons (Fsp3) is 0.733. The number of nitrogens with zero attached hydrogens (tertiary/aromatic N) is 2. The Bertz CT molecular complexity index is 396. The molecule has 0 unspecified atom stereocenters. The molecule has 0 fully saturated rings. The van der Waals surface area contributed by atoms with Crippen molar-refractivity contribution in [2.75, 3.05) is 36.9 Å². The highest BCUT2D eigenvalue weighted by Crippen LogP contribution is 2.19. The summed E-state index contributed by atoms with van der Waals surface area (Å²) in [6.45, 7) is 11.7. The van der Waals surface area contributed by atoms with Crippen molar-refractivity contribution < 1.29 is 4.74 Å². The van der Waals surface area contributed by atoms with Gasteiger partial charge in [0.25, 0.3) is 0 Å². The molecule has 0 aliphatic heterocycles. The van der Waals surface area contributed by atoms with E-state index in [1.54, 1.807) is 0 Å². The number of nitrogens with one attached hydrogen (secondary N) is 2. The smallest absolute Gasteiger partial charge is 0.134 e. The Morgan fingerprint density at radius 2 is 1.55 bits per heavy atom. The predicted molar refractivity (Wildman–Crippen MR) is 84.5 cm³/mol. The molecule has 0 bridgehead atoms. The maximum absolute atomic E-state index is 5.47. The van der Waals surface area contributed by atoms with Crippen molar-refractivity contribution in [3.8, 4) is 0 Å². The van der Waals surface area contributed by atoms with Crippen LogP contribution < -0.4 is 10.6 Å². The van der Waals surface area contributed by atoms with Gasteiger partial charge in [0.05, 0.1) is 0 Å². The molecule has 0 saturated carbocycles. The number of aromatic nitrogens is 2. The summed E-state index contributed by atoms with van der Waals surface area (Å²) in [5, 5.41) is 6.72. The molecule has 20 heavy (non-hydrogen) atoms. The van der Waals surface area contributed by atoms with Gasteiger partial charge in [-0.15, -0.1) is 0 Å². The zero-order valence-electron chi connectivity index (χ0n) is 13.3. The summed E-state index contributed by atoms with van der Waals surface area (Å²) < 4.78 is 5.47. The molecular formula is C15H28N4O. The van der Waals surface area contributed by atoms with Gasteiger partial charge in [-0.05, 0) is 33.1 Å². The third kappa shape index (κ3) is 5.74. The molecule has 1 heterocycles. The van der Waals surface area contributed by atoms with E-state index >= 15 is 0 Å². The molecule has 114 valence electrons. The molecule has 0 amide bonds. The molecule has 1 aromatic rings. The SMILES string of the molecule is CCCNc1nc(C)nc(NCCCOCCC)c1C. The molecule has 2 N–H and O–H groups in total. The van der Waals surface area contributed by atoms with Crippen LogP contribution in [0.25, 0.3) is 0 Å². The van der Waals surface area contributed by atoms with Gasteiger partial charge in [0.2, 0.25) is 0 Å². The molecule has 0 aliphatic carbocycles. The normalized spacial score (nSPS) is 10.6. The van der Waals surface area contributed by atoms with Crippen LogP contribution in [0.4, 0.5) is 11.6 Å². The van der Waals surface area contributed by atoms with Crippen molar-refractivity contribution in [1.29, 1.82) is 0 Å². The van der Waals surface area contributed by atoms with Crippen LogP contribution in [0.3, 0.4) is 0 Å². The Labute approximate surface area is 122 Å². The van der Waals surface area contributed by atoms with Crippen molar-refractivity contribution in [2.24, 2.45) is 0 Å². The van der Waals surface area contributed by atoms with E-state index in [4.69, 9.17) is 4.74 Å². The van der Waals surface area contributed by atoms with E-state index in [1.807, 2.05) is 13.8 Å². The third-order valence-electron chi connectivity index (χ3n) is 2.91. The molecule has 0 radical (unpaired) electrons. The van der Waals surface area contributed by atoms with Crippen LogP contribution in [0.5, 0.6) is 0 Å². The van der Waals surface area contributed by atoms with Crippen LogP contribution >= 0.6 is 0 Å². The van der Waals surface area contributed by atoms with Crippen molar-refractivity contribution >= 4 is 11.6 Å². The standard InChI is InChI=1S/C15H28N4O/c1-5-8-16-14-12(3)15(19-13(4)18-14)17-9-7-11-20-10-6-2/h5-11H2,1-4H3,(H2,16,17,18,19). The van der Waals surface area contributed by atoms with Gasteiger partial charge in [0.1, 0.15) is 17.5 Å². The van der Waals surface area contributed by atoms with Crippen LogP contribution in [0.15, 0.2) is 0 Å². The van der Waals surface area contributed by atoms with Gasteiger partial charge >= 0.3 is 0 Å². The topological polar surface area (TPSA) is 59.1 Å². The lowest BCUT2D eigenvalue weighted by atomic mass is 10.3. The minimum atomic E-state index is 0.791. The lowest BCUT2D eigenvalue weighted by Crippen LogP contribution is -2.12. The lowest BCUT2D eigenvalue weighted by Gasteiger charge is -2.14. The van der Waals surface area contributed by atoms with E-state index in [1.165, 1.54) is 0 Å². The molecular weight excluding hydrogens is 252 g/mol. The van der Waals surface area contributed by atoms with E-state index in [0.29, 0.717) is 0 Å². The van der Waals surface area contributed by atoms with E-state index in [2.05, 4.69) is 34.4 Å². The second-order valence-corrected chi connectivity index (χ2v) is 4.91. The van der Waals surface area contributed by atoms with Gasteiger partial charge in [-0.25, -0.2) is 9.97 Å². The van der Waals surface area contributed by atoms with Gasteiger partial charge in [-0.3, -0.25) is 0 Å². The predicted octanol–water partition coefficient (Wildman–Crippen LogP) is 3.14. The van der Waals surface area contributed by atoms with E-state index in [-0.39, 0.29) is 0 Å². The number of hydrogen-bond acceptors (Lipinski definition) is 5. The first kappa shape index (κ1) is 16.7. The Hall–Kier alpha value is -1.36. The van der Waals surface area contributed by atoms with Crippen molar-refractivity contribution in [2.45, 2.75) is 47.0 Å². The number of rotatable bonds is 10. The second kappa shape index (κ2) is 9.53. The van der Waals surface area contributed by atoms with E-state index in [9.17, 15) is 0 Å². The van der Waals surface area contributed by atoms with Crippen molar-refractivity contribution in [3.05, 3.63) is 11.4 Å². The first-order chi connectivity index (χ1) is 9.69. The average molecular weight is 280 g/mol. The number of anilines is 2. The van der Waals surface area contributed by atoms with Crippen molar-refractivity contribution in [3.63, 3.8) is 0 Å². The molecule has 0 aliphatic rings. The molecule has 1 rings (SSSR count). The van der Waals surface area contributed by atoms with Gasteiger partial charge in [0, 0.05) is 31.9 Å². The van der Waals surface area contributed by atoms with E-state index in [0.717, 1.165) is 68.6 Å². The summed E-state index contributed by atoms with van der Waals surface area (Å²) in [6.07, 6.45) is 3.14. The zero-order chi connectivity index (χ0) is 14.8. The fourth-order valence-corrected chi connectivity index (χ4v) is 1.84. The number of ether oxygens (including phenoxy) is 1. The van der Waals surface area contributed by atoms with Gasteiger partial charge < -0.3 is 15.4 Å². The largest absolute Gasteiger partial charge is 0.381 e. The summed E-state index contributed by atoms with van der Waals surface area (Å²) in [5.74, 6) is 2.65. The molecule has 0 aromatic carbocycles. The molecule has 1 aromatic heterocycles. The summed E-state index contributed by atoms with van der Waals surface area (Å²) in [6, 6.07) is 0. The number of hydrogen-bond donors (Lipinski definition) is 2. The van der Waals surface area contributed by atoms with Gasteiger partial charge in [0.15, 0.2) is 0 Å². The van der Waals surface area contributed by atoms with Gasteiger partial charge in [-0.2, -0.15) is 0 Å². The summed E-state index contributed by atoms with van der Waals surface area (Å²) in [4.78, 5) is 8.93. The lowest BCUT2D eigenvalue weighted by molar-refractivity contribution is 0.134. The van der Waals surface area contributed by atoms with Crippen LogP contribution in [0, 0.1) is 13.8 Å². The highest BCUT2D eigenvalue weighted by Gasteiger charge is 2.08. The second-order valence-electron chi connectivity index (χ2n) is 4.91. The molecule has 0 spiro atoms. The minimum Gasteiger partial charge on any atom is -0.381 e. The quantitative estimate of drug-likeness (QED) is 0.645.